The summed E-state index contributed by atoms with van der Waals surface area (Å²) < 4.78 is 5.37. The van der Waals surface area contributed by atoms with E-state index in [-0.39, 0.29) is 23.9 Å². The Labute approximate surface area is 222 Å². The van der Waals surface area contributed by atoms with Crippen molar-refractivity contribution in [2.75, 3.05) is 32.6 Å². The lowest BCUT2D eigenvalue weighted by Crippen LogP contribution is -2.53. The van der Waals surface area contributed by atoms with Crippen LogP contribution < -0.4 is 26.8 Å². The number of hydrogen-bond donors (Lipinski definition) is 4. The molecule has 0 radical (unpaired) electrons. The van der Waals surface area contributed by atoms with Crippen LogP contribution in [0.3, 0.4) is 0 Å². The molecule has 1 aromatic rings. The highest BCUT2D eigenvalue weighted by Crippen LogP contribution is 2.33. The molecule has 3 amide bonds. The van der Waals surface area contributed by atoms with Gasteiger partial charge in [0, 0.05) is 36.0 Å². The third kappa shape index (κ3) is 7.69. The summed E-state index contributed by atoms with van der Waals surface area (Å²) in [4.78, 5) is 27.9. The number of methoxy groups -OCH3 is 1. The summed E-state index contributed by atoms with van der Waals surface area (Å²) in [5.41, 5.74) is 16.3. The number of nitrogens with zero attached hydrogens (tertiary/aromatic N) is 1. The van der Waals surface area contributed by atoms with E-state index in [9.17, 15) is 9.59 Å². The van der Waals surface area contributed by atoms with Gasteiger partial charge in [0.05, 0.1) is 13.7 Å². The summed E-state index contributed by atoms with van der Waals surface area (Å²) in [6.07, 6.45) is 8.31. The minimum atomic E-state index is -0.0801. The fourth-order valence-electron chi connectivity index (χ4n) is 4.85. The van der Waals surface area contributed by atoms with Crippen molar-refractivity contribution in [3.05, 3.63) is 58.3 Å². The Morgan fingerprint density at radius 1 is 1.22 bits per heavy atom. The predicted molar refractivity (Wildman–Crippen MR) is 151 cm³/mol. The number of carbonyl (C=O) groups is 2. The highest BCUT2D eigenvalue weighted by Gasteiger charge is 2.35. The van der Waals surface area contributed by atoms with Crippen molar-refractivity contribution in [3.63, 3.8) is 0 Å². The van der Waals surface area contributed by atoms with Crippen LogP contribution in [0.4, 0.5) is 10.5 Å². The number of rotatable bonds is 7. The van der Waals surface area contributed by atoms with Crippen LogP contribution in [0, 0.1) is 12.8 Å². The monoisotopic (exact) mass is 511 g/mol. The maximum Gasteiger partial charge on any atom is 0.322 e. The number of urea groups is 1. The van der Waals surface area contributed by atoms with E-state index < -0.39 is 0 Å². The Kier molecular flexibility index (Phi) is 11.9. The van der Waals surface area contributed by atoms with E-state index in [1.165, 1.54) is 7.05 Å². The second-order valence-electron chi connectivity index (χ2n) is 9.57. The van der Waals surface area contributed by atoms with Crippen LogP contribution in [0.5, 0.6) is 5.75 Å². The van der Waals surface area contributed by atoms with Gasteiger partial charge >= 0.3 is 6.03 Å². The number of ether oxygens (including phenoxy) is 1. The highest BCUT2D eigenvalue weighted by atomic mass is 16.5. The largest absolute Gasteiger partial charge is 0.496 e. The van der Waals surface area contributed by atoms with Crippen molar-refractivity contribution in [1.82, 2.24) is 10.2 Å². The van der Waals surface area contributed by atoms with Gasteiger partial charge in [-0.1, -0.05) is 25.1 Å². The van der Waals surface area contributed by atoms with Crippen LogP contribution in [0.15, 0.2) is 52.8 Å². The van der Waals surface area contributed by atoms with Gasteiger partial charge in [0.1, 0.15) is 5.75 Å². The van der Waals surface area contributed by atoms with Gasteiger partial charge in [-0.3, -0.25) is 4.79 Å². The second-order valence-corrected chi connectivity index (χ2v) is 9.57. The quantitative estimate of drug-likeness (QED) is 0.426. The lowest BCUT2D eigenvalue weighted by Gasteiger charge is -2.41. The zero-order valence-electron chi connectivity index (χ0n) is 23.3. The molecule has 8 nitrogen and oxygen atoms in total. The predicted octanol–water partition coefficient (Wildman–Crippen LogP) is 4.62. The van der Waals surface area contributed by atoms with Gasteiger partial charge in [-0.25, -0.2) is 4.79 Å². The fourth-order valence-corrected chi connectivity index (χ4v) is 4.85. The molecule has 2 fully saturated rings. The van der Waals surface area contributed by atoms with Crippen LogP contribution in [-0.2, 0) is 4.79 Å². The number of anilines is 1. The molecular weight excluding hydrogens is 466 g/mol. The summed E-state index contributed by atoms with van der Waals surface area (Å²) >= 11 is 0. The van der Waals surface area contributed by atoms with E-state index in [2.05, 4.69) is 42.4 Å². The lowest BCUT2D eigenvalue weighted by molar-refractivity contribution is -0.121. The van der Waals surface area contributed by atoms with Gasteiger partial charge in [0.2, 0.25) is 5.91 Å². The average Bonchev–Trinajstić information content (AvgIpc) is 2.93. The minimum Gasteiger partial charge on any atom is -0.496 e. The van der Waals surface area contributed by atoms with Crippen molar-refractivity contribution in [2.24, 2.45) is 17.4 Å². The van der Waals surface area contributed by atoms with E-state index in [0.717, 1.165) is 71.5 Å². The molecular formula is C29H45N5O3. The van der Waals surface area contributed by atoms with Crippen LogP contribution in [0.25, 0.3) is 0 Å². The van der Waals surface area contributed by atoms with Crippen molar-refractivity contribution >= 4 is 17.6 Å². The topological polar surface area (TPSA) is 123 Å². The Morgan fingerprint density at radius 2 is 1.89 bits per heavy atom. The molecule has 1 heterocycles. The number of nitrogens with one attached hydrogen (secondary N) is 2. The molecule has 0 atom stereocenters. The molecule has 0 spiro atoms. The number of carbonyl (C=O) groups excluding carboxylic acids is 2. The third-order valence-electron chi connectivity index (χ3n) is 7.12. The molecule has 0 aromatic heterocycles. The molecule has 204 valence electrons. The van der Waals surface area contributed by atoms with Gasteiger partial charge in [-0.05, 0) is 88.3 Å². The number of nitrogens with two attached hydrogens (primary N) is 2. The molecule has 1 aliphatic carbocycles. The highest BCUT2D eigenvalue weighted by molar-refractivity contribution is 5.93. The minimum absolute atomic E-state index is 0.0300. The van der Waals surface area contributed by atoms with E-state index in [0.29, 0.717) is 13.1 Å². The molecule has 2 aliphatic rings. The average molecular weight is 512 g/mol. The molecule has 8 heteroatoms. The summed E-state index contributed by atoms with van der Waals surface area (Å²) in [5, 5.41) is 6.15. The molecule has 1 saturated heterocycles. The number of benzene rings is 1. The van der Waals surface area contributed by atoms with Gasteiger partial charge in [-0.15, -0.1) is 0 Å². The third-order valence-corrected chi connectivity index (χ3v) is 7.12. The maximum absolute atomic E-state index is 13.1. The molecule has 6 N–H and O–H groups in total. The smallest absolute Gasteiger partial charge is 0.322 e. The first kappa shape index (κ1) is 30.1. The molecule has 0 unspecified atom stereocenters. The Bertz CT molecular complexity index is 1040. The van der Waals surface area contributed by atoms with Gasteiger partial charge in [-0.2, -0.15) is 0 Å². The molecule has 1 saturated carbocycles. The first-order valence-electron chi connectivity index (χ1n) is 13.2. The fraction of sp³-hybridized carbons (Fsp3) is 0.517. The van der Waals surface area contributed by atoms with Crippen molar-refractivity contribution < 1.29 is 14.3 Å². The maximum atomic E-state index is 13.1. The molecule has 0 bridgehead atoms. The molecule has 1 aromatic carbocycles. The first-order valence-corrected chi connectivity index (χ1v) is 13.2. The van der Waals surface area contributed by atoms with E-state index >= 15 is 0 Å². The summed E-state index contributed by atoms with van der Waals surface area (Å²) in [7, 11) is 3.13. The number of aryl methyl sites for hydroxylation is 1. The zero-order chi connectivity index (χ0) is 27.5. The molecule has 1 aliphatic heterocycles. The Balaban J connectivity index is 0.00000235. The molecule has 37 heavy (non-hydrogen) atoms. The van der Waals surface area contributed by atoms with Gasteiger partial charge in [0.15, 0.2) is 0 Å². The molecule has 3 rings (SSSR count). The van der Waals surface area contributed by atoms with Crippen molar-refractivity contribution in [1.29, 1.82) is 0 Å². The van der Waals surface area contributed by atoms with Crippen LogP contribution >= 0.6 is 0 Å². The Hall–Kier alpha value is -3.10. The standard InChI is InChI=1S/C28H40N4O3.CH5N/c1-6-7-8-18(2)24-17-32(28(34)31-26(24)20(4)16-29)23-13-10-21(11-14-23)27(33)30-22-12-9-19(3)25(15-22)35-5;1-2/h7-9,12,15,21,23H,6,10-11,13-14,16-17,29H2,1-5H3,(H,30,33)(H,31,34);2H2,1H3/b8-7+,24-18-,26-20-;. The van der Waals surface area contributed by atoms with Crippen molar-refractivity contribution in [2.45, 2.75) is 65.8 Å². The number of hydrogen-bond acceptors (Lipinski definition) is 5. The van der Waals surface area contributed by atoms with Crippen molar-refractivity contribution in [3.8, 4) is 5.75 Å². The SMILES string of the molecule is CC/C=C/C(C)=C1/CN(C2CCC(C(=O)Nc3ccc(C)c(OC)c3)CC2)C(=O)N/C1=C(/C)CN.CN. The summed E-state index contributed by atoms with van der Waals surface area (Å²) in [6, 6.07) is 5.73. The normalized spacial score (nSPS) is 22.6. The first-order chi connectivity index (χ1) is 17.8. The zero-order valence-corrected chi connectivity index (χ0v) is 23.3. The van der Waals surface area contributed by atoms with E-state index in [4.69, 9.17) is 10.5 Å². The van der Waals surface area contributed by atoms with Crippen LogP contribution in [-0.4, -0.2) is 50.1 Å². The second kappa shape index (κ2) is 14.6. The number of allylic oxidation sites excluding steroid dienone is 3. The summed E-state index contributed by atoms with van der Waals surface area (Å²) in [6.45, 7) is 9.09. The van der Waals surface area contributed by atoms with Gasteiger partial charge in [0.25, 0.3) is 0 Å². The van der Waals surface area contributed by atoms with Gasteiger partial charge < -0.3 is 31.7 Å². The van der Waals surface area contributed by atoms with Crippen LogP contribution in [0.2, 0.25) is 0 Å². The number of amides is 3. The van der Waals surface area contributed by atoms with E-state index in [1.54, 1.807) is 7.11 Å². The summed E-state index contributed by atoms with van der Waals surface area (Å²) in [5.74, 6) is 0.724. The van der Waals surface area contributed by atoms with Crippen LogP contribution in [0.1, 0.15) is 58.4 Å². The lowest BCUT2D eigenvalue weighted by atomic mass is 9.84. The van der Waals surface area contributed by atoms with E-state index in [1.807, 2.05) is 36.9 Å². The Morgan fingerprint density at radius 3 is 2.49 bits per heavy atom.